The van der Waals surface area contributed by atoms with Crippen molar-refractivity contribution in [2.75, 3.05) is 26.2 Å². The summed E-state index contributed by atoms with van der Waals surface area (Å²) < 4.78 is 0. The van der Waals surface area contributed by atoms with Gasteiger partial charge in [-0.25, -0.2) is 0 Å². The van der Waals surface area contributed by atoms with Crippen molar-refractivity contribution in [3.63, 3.8) is 0 Å². The number of hydrogen-bond donors (Lipinski definition) is 15. The molecule has 0 aliphatic carbocycles. The van der Waals surface area contributed by atoms with Crippen LogP contribution in [0.4, 0.5) is 0 Å². The van der Waals surface area contributed by atoms with Crippen LogP contribution in [0.15, 0.2) is 12.2 Å². The van der Waals surface area contributed by atoms with E-state index in [-0.39, 0.29) is 51.6 Å². The third kappa shape index (κ3) is 24.8. The van der Waals surface area contributed by atoms with Crippen LogP contribution >= 0.6 is 0 Å². The second-order valence-corrected chi connectivity index (χ2v) is 23.6. The van der Waals surface area contributed by atoms with Crippen molar-refractivity contribution in [3.8, 4) is 0 Å². The van der Waals surface area contributed by atoms with Crippen LogP contribution in [0.3, 0.4) is 0 Å². The lowest BCUT2D eigenvalue weighted by atomic mass is 9.96. The number of hydrogen-bond acceptors (Lipinski definition) is 17. The molecule has 2 unspecified atom stereocenters. The van der Waals surface area contributed by atoms with Gasteiger partial charge in [-0.15, -0.1) is 0 Å². The minimum atomic E-state index is -2.15. The Balaban J connectivity index is 2.17. The maximum atomic E-state index is 15.2. The van der Waals surface area contributed by atoms with Gasteiger partial charge in [0.1, 0.15) is 54.4 Å². The van der Waals surface area contributed by atoms with Crippen molar-refractivity contribution < 1.29 is 97.1 Å². The number of amides is 12. The Hall–Kier alpha value is -8.78. The number of carboxylic acids is 4. The smallest absolute Gasteiger partial charge is 0.308 e. The van der Waals surface area contributed by atoms with Crippen molar-refractivity contribution in [2.45, 2.75) is 211 Å². The van der Waals surface area contributed by atoms with Gasteiger partial charge in [0.05, 0.1) is 44.3 Å². The number of carbonyl (C=O) groups is 16. The highest BCUT2D eigenvalue weighted by Crippen LogP contribution is 2.24. The van der Waals surface area contributed by atoms with Crippen LogP contribution in [0.1, 0.15) is 145 Å². The van der Waals surface area contributed by atoms with E-state index < -0.39 is 205 Å². The van der Waals surface area contributed by atoms with Gasteiger partial charge in [0.25, 0.3) is 0 Å². The number of carboxylic acid groups (broad SMARTS) is 4. The summed E-state index contributed by atoms with van der Waals surface area (Å²) in [6, 6.07) is -18.5. The van der Waals surface area contributed by atoms with Crippen molar-refractivity contribution in [1.29, 1.82) is 0 Å². The zero-order chi connectivity index (χ0) is 68.4. The average Bonchev–Trinajstić information content (AvgIpc) is 1.82. The first kappa shape index (κ1) is 76.5. The van der Waals surface area contributed by atoms with Gasteiger partial charge < -0.3 is 89.1 Å². The number of fused-ring (bicyclic) bond motifs is 2. The highest BCUT2D eigenvalue weighted by Gasteiger charge is 2.45. The normalized spacial score (nSPS) is 25.6. The number of nitrogens with two attached hydrogens (primary N) is 1. The molecule has 33 heteroatoms. The van der Waals surface area contributed by atoms with Crippen molar-refractivity contribution in [2.24, 2.45) is 23.5 Å². The molecule has 13 atom stereocenters. The molecule has 12 amide bonds. The Morgan fingerprint density at radius 3 is 1.70 bits per heavy atom. The highest BCUT2D eigenvalue weighted by molar-refractivity contribution is 6.01. The van der Waals surface area contributed by atoms with E-state index in [9.17, 15) is 92.3 Å². The molecule has 0 bridgehead atoms. The fourth-order valence-corrected chi connectivity index (χ4v) is 10.4. The minimum Gasteiger partial charge on any atom is -0.481 e. The summed E-state index contributed by atoms with van der Waals surface area (Å²) in [7, 11) is 0. The van der Waals surface area contributed by atoms with E-state index in [1.165, 1.54) is 13.8 Å². The SMILES string of the molecule is CCC(C)CCCCC/C=C\CC(=O)N[C@@H](CC(=O)O)C(=O)N[C@@H]1C(=O)N2CCCC[C@@H]2C(=O)N[C@@H]([C@H](C)C(=O)O)C(=O)N[C@@H](CC(=O)O)C(=O)NCC(=O)N[C@@H](CC(=O)O)C(=O)NCC(=O)N[C@H](C(C)N)C(=O)N[C@@H](C(C)C)C(=O)N2CCC[C@H]2C(=O)N[C@@H]1C. The molecule has 91 heavy (non-hydrogen) atoms. The molecule has 3 aliphatic heterocycles. The van der Waals surface area contributed by atoms with E-state index in [2.05, 4.69) is 56.4 Å². The number of carbonyl (C=O) groups excluding carboxylic acids is 12. The van der Waals surface area contributed by atoms with Crippen LogP contribution in [0.5, 0.6) is 0 Å². The van der Waals surface area contributed by atoms with E-state index >= 15 is 4.79 Å². The van der Waals surface area contributed by atoms with Crippen LogP contribution in [0, 0.1) is 17.8 Å². The number of nitrogens with one attached hydrogen (secondary N) is 10. The second kappa shape index (κ2) is 37.4. The molecule has 3 heterocycles. The van der Waals surface area contributed by atoms with Crippen LogP contribution < -0.4 is 58.9 Å². The Kier molecular flexibility index (Phi) is 31.4. The van der Waals surface area contributed by atoms with Gasteiger partial charge in [0, 0.05) is 25.6 Å². The van der Waals surface area contributed by atoms with E-state index in [1.54, 1.807) is 26.0 Å². The Morgan fingerprint density at radius 1 is 0.604 bits per heavy atom. The summed E-state index contributed by atoms with van der Waals surface area (Å²) in [5.74, 6) is -21.9. The van der Waals surface area contributed by atoms with Crippen molar-refractivity contribution in [1.82, 2.24) is 63.0 Å². The zero-order valence-electron chi connectivity index (χ0n) is 52.5. The molecular weight excluding hydrogens is 1200 g/mol. The summed E-state index contributed by atoms with van der Waals surface area (Å²) >= 11 is 0. The van der Waals surface area contributed by atoms with Crippen LogP contribution in [-0.4, -0.2) is 218 Å². The molecule has 0 aromatic carbocycles. The summed E-state index contributed by atoms with van der Waals surface area (Å²) in [4.78, 5) is 218. The molecule has 0 aromatic rings. The van der Waals surface area contributed by atoms with E-state index in [4.69, 9.17) is 5.73 Å². The molecular formula is C58H91N13O20. The number of allylic oxidation sites excluding steroid dienone is 1. The maximum absolute atomic E-state index is 15.2. The lowest BCUT2D eigenvalue weighted by Gasteiger charge is -2.39. The van der Waals surface area contributed by atoms with E-state index in [1.807, 2.05) is 10.6 Å². The van der Waals surface area contributed by atoms with Gasteiger partial charge in [-0.1, -0.05) is 65.5 Å². The van der Waals surface area contributed by atoms with E-state index in [0.717, 1.165) is 48.8 Å². The van der Waals surface area contributed by atoms with Gasteiger partial charge in [-0.2, -0.15) is 0 Å². The Morgan fingerprint density at radius 2 is 1.14 bits per heavy atom. The lowest BCUT2D eigenvalue weighted by molar-refractivity contribution is -0.150. The Bertz CT molecular complexity index is 2710. The monoisotopic (exact) mass is 1290 g/mol. The first-order valence-electron chi connectivity index (χ1n) is 30.6. The van der Waals surface area contributed by atoms with Gasteiger partial charge in [-0.05, 0) is 77.6 Å². The van der Waals surface area contributed by atoms with Crippen molar-refractivity contribution in [3.05, 3.63) is 12.2 Å². The number of nitrogens with zero attached hydrogens (tertiary/aromatic N) is 2. The first-order valence-corrected chi connectivity index (χ1v) is 30.6. The Labute approximate surface area is 526 Å². The summed E-state index contributed by atoms with van der Waals surface area (Å²) in [5.41, 5.74) is 6.11. The molecule has 0 aromatic heterocycles. The van der Waals surface area contributed by atoms with E-state index in [0.29, 0.717) is 12.3 Å². The predicted octanol–water partition coefficient (Wildman–Crippen LogP) is -3.41. The van der Waals surface area contributed by atoms with Gasteiger partial charge >= 0.3 is 23.9 Å². The van der Waals surface area contributed by atoms with Gasteiger partial charge in [-0.3, -0.25) is 76.7 Å². The summed E-state index contributed by atoms with van der Waals surface area (Å²) in [5, 5.41) is 62.2. The summed E-state index contributed by atoms with van der Waals surface area (Å²) in [6.07, 6.45) is 5.96. The van der Waals surface area contributed by atoms with Crippen LogP contribution in [0.25, 0.3) is 0 Å². The molecule has 508 valence electrons. The molecule has 3 rings (SSSR count). The molecule has 16 N–H and O–H groups in total. The number of piperidine rings is 1. The molecule has 0 spiro atoms. The number of rotatable bonds is 22. The number of unbranched alkanes of at least 4 members (excludes halogenated alkanes) is 3. The molecule has 33 nitrogen and oxygen atoms in total. The first-order chi connectivity index (χ1) is 42.8. The number of aliphatic carboxylic acids is 4. The fourth-order valence-electron chi connectivity index (χ4n) is 10.4. The maximum Gasteiger partial charge on any atom is 0.308 e. The molecule has 3 fully saturated rings. The largest absolute Gasteiger partial charge is 0.481 e. The average molecular weight is 1290 g/mol. The minimum absolute atomic E-state index is 0.0221. The topological polar surface area (TPSA) is 507 Å². The molecule has 3 saturated heterocycles. The standard InChI is InChI=1S/C58H91N13O20/c1-8-30(4)18-13-11-9-10-12-14-21-39(72)63-36(26-44(79)80)51(83)69-48-33(7)62-52(84)38-20-17-23-71(38)56(88)45(29(2)3)67-55(87)47(32(6)59)66-41(74)28-61-49(81)34(24-42(75)76)64-40(73)27-60-50(82)35(25-43(77)78)65-54(86)46(31(5)58(90)91)68-53(85)37-19-15-16-22-70(37)57(48)89/h12,14,29-38,45-48H,8-11,13,15-28,59H2,1-7H3,(H,60,82)(H,61,81)(H,62,84)(H,63,72)(H,64,73)(H,65,86)(H,66,74)(H,67,87)(H,68,85)(H,69,83)(H,75,76)(H,77,78)(H,79,80)(H,90,91)/b14-12-/t30?,31-,32?,33+,34-,35-,36-,37+,38-,45-,46-,47+,48-/m0/s1. The molecule has 3 aliphatic rings. The molecule has 0 saturated carbocycles. The third-order valence-corrected chi connectivity index (χ3v) is 15.8. The summed E-state index contributed by atoms with van der Waals surface area (Å²) in [6.45, 7) is 8.66. The zero-order valence-corrected chi connectivity index (χ0v) is 52.5. The van der Waals surface area contributed by atoms with Crippen molar-refractivity contribution >= 4 is 94.8 Å². The van der Waals surface area contributed by atoms with Crippen LogP contribution in [-0.2, 0) is 76.7 Å². The molecule has 0 radical (unpaired) electrons. The predicted molar refractivity (Wildman–Crippen MR) is 320 cm³/mol. The lowest BCUT2D eigenvalue weighted by Crippen LogP contribution is -2.66. The highest BCUT2D eigenvalue weighted by atomic mass is 16.4. The third-order valence-electron chi connectivity index (χ3n) is 15.8. The van der Waals surface area contributed by atoms with Crippen LogP contribution in [0.2, 0.25) is 0 Å². The van der Waals surface area contributed by atoms with Gasteiger partial charge in [0.2, 0.25) is 70.9 Å². The fraction of sp³-hybridized carbons (Fsp3) is 0.690. The second-order valence-electron chi connectivity index (χ2n) is 23.6. The quantitative estimate of drug-likeness (QED) is 0.0371. The van der Waals surface area contributed by atoms with Gasteiger partial charge in [0.15, 0.2) is 0 Å².